The Balaban J connectivity index is 0.00000261. The molecule has 0 bridgehead atoms. The van der Waals surface area contributed by atoms with Gasteiger partial charge < -0.3 is 20.0 Å². The molecule has 0 radical (unpaired) electrons. The van der Waals surface area contributed by atoms with Gasteiger partial charge in [-0.3, -0.25) is 9.69 Å². The van der Waals surface area contributed by atoms with Crippen molar-refractivity contribution in [2.24, 2.45) is 5.92 Å². The summed E-state index contributed by atoms with van der Waals surface area (Å²) in [4.78, 5) is 33.8. The van der Waals surface area contributed by atoms with Crippen LogP contribution < -0.4 is 5.32 Å². The van der Waals surface area contributed by atoms with Gasteiger partial charge in [0.1, 0.15) is 0 Å². The summed E-state index contributed by atoms with van der Waals surface area (Å²) in [7, 11) is 0. The maximum absolute atomic E-state index is 12.9. The van der Waals surface area contributed by atoms with Crippen LogP contribution in [-0.2, 0) is 4.79 Å². The minimum Gasteiger partial charge on any atom is -0.341 e. The number of halogens is 1. The molecule has 156 valence electrons. The van der Waals surface area contributed by atoms with Crippen LogP contribution in [0, 0.1) is 5.92 Å². The maximum atomic E-state index is 12.9. The summed E-state index contributed by atoms with van der Waals surface area (Å²) in [6, 6.07) is 0.659. The van der Waals surface area contributed by atoms with E-state index >= 15 is 0 Å². The van der Waals surface area contributed by atoms with Crippen LogP contribution in [0.25, 0.3) is 0 Å². The highest BCUT2D eigenvalue weighted by molar-refractivity contribution is 5.85. The highest BCUT2D eigenvalue weighted by atomic mass is 35.5. The number of piperidine rings is 1. The summed E-state index contributed by atoms with van der Waals surface area (Å²) >= 11 is 0. The number of carbonyl (C=O) groups is 2. The molecule has 1 unspecified atom stereocenters. The predicted molar refractivity (Wildman–Crippen MR) is 109 cm³/mol. The zero-order valence-electron chi connectivity index (χ0n) is 16.9. The van der Waals surface area contributed by atoms with Crippen LogP contribution in [0.4, 0.5) is 4.79 Å². The van der Waals surface area contributed by atoms with E-state index in [0.29, 0.717) is 25.0 Å². The molecule has 3 rings (SSSR count). The monoisotopic (exact) mass is 401 g/mol. The van der Waals surface area contributed by atoms with Crippen molar-refractivity contribution in [3.63, 3.8) is 0 Å². The van der Waals surface area contributed by atoms with Crippen molar-refractivity contribution >= 4 is 24.3 Å². The van der Waals surface area contributed by atoms with E-state index in [-0.39, 0.29) is 24.4 Å². The molecule has 0 aromatic carbocycles. The molecule has 3 amide bonds. The van der Waals surface area contributed by atoms with Crippen molar-refractivity contribution < 1.29 is 9.59 Å². The largest absolute Gasteiger partial charge is 0.341 e. The molecular formula is C19H36ClN5O2. The van der Waals surface area contributed by atoms with Gasteiger partial charge >= 0.3 is 6.03 Å². The number of likely N-dealkylation sites (tertiary alicyclic amines) is 2. The van der Waals surface area contributed by atoms with Gasteiger partial charge in [0, 0.05) is 77.4 Å². The summed E-state index contributed by atoms with van der Waals surface area (Å²) in [5, 5.41) is 3.40. The van der Waals surface area contributed by atoms with Crippen LogP contribution in [-0.4, -0.2) is 103 Å². The normalized spacial score (nSPS) is 24.6. The summed E-state index contributed by atoms with van der Waals surface area (Å²) in [5.74, 6) is 0.412. The second kappa shape index (κ2) is 10.5. The third-order valence-electron chi connectivity index (χ3n) is 6.29. The molecule has 3 heterocycles. The van der Waals surface area contributed by atoms with Gasteiger partial charge in [0.05, 0.1) is 0 Å². The zero-order chi connectivity index (χ0) is 18.5. The lowest BCUT2D eigenvalue weighted by atomic mass is 9.95. The van der Waals surface area contributed by atoms with Crippen LogP contribution in [0.1, 0.15) is 33.1 Å². The molecule has 0 aromatic rings. The van der Waals surface area contributed by atoms with Crippen LogP contribution in [0.5, 0.6) is 0 Å². The SMILES string of the molecule is CCN(CC)C(=O)N1CCC(C(=O)N2CCC(N3CCNCC3)C2)CC1.Cl. The lowest BCUT2D eigenvalue weighted by Gasteiger charge is -2.36. The third kappa shape index (κ3) is 5.27. The van der Waals surface area contributed by atoms with Gasteiger partial charge in [0.15, 0.2) is 0 Å². The molecule has 1 atom stereocenters. The molecule has 1 N–H and O–H groups in total. The van der Waals surface area contributed by atoms with Crippen molar-refractivity contribution in [2.45, 2.75) is 39.2 Å². The first-order valence-electron chi connectivity index (χ1n) is 10.4. The van der Waals surface area contributed by atoms with E-state index in [0.717, 1.165) is 71.6 Å². The Morgan fingerprint density at radius 2 is 1.52 bits per heavy atom. The smallest absolute Gasteiger partial charge is 0.319 e. The molecule has 0 aliphatic carbocycles. The number of hydrogen-bond acceptors (Lipinski definition) is 4. The van der Waals surface area contributed by atoms with Gasteiger partial charge in [-0.1, -0.05) is 0 Å². The fraction of sp³-hybridized carbons (Fsp3) is 0.895. The number of nitrogens with zero attached hydrogens (tertiary/aromatic N) is 4. The molecule has 0 saturated carbocycles. The predicted octanol–water partition coefficient (Wildman–Crippen LogP) is 1.09. The summed E-state index contributed by atoms with van der Waals surface area (Å²) in [5.41, 5.74) is 0. The molecule has 3 fully saturated rings. The average Bonchev–Trinajstić information content (AvgIpc) is 3.19. The molecule has 0 spiro atoms. The number of rotatable bonds is 4. The van der Waals surface area contributed by atoms with Crippen molar-refractivity contribution in [3.8, 4) is 0 Å². The fourth-order valence-corrected chi connectivity index (χ4v) is 4.56. The lowest BCUT2D eigenvalue weighted by molar-refractivity contribution is -0.136. The fourth-order valence-electron chi connectivity index (χ4n) is 4.56. The number of piperazine rings is 1. The Hall–Kier alpha value is -1.05. The van der Waals surface area contributed by atoms with Crippen LogP contribution in [0.3, 0.4) is 0 Å². The number of amides is 3. The summed E-state index contributed by atoms with van der Waals surface area (Å²) < 4.78 is 0. The third-order valence-corrected chi connectivity index (χ3v) is 6.29. The molecular weight excluding hydrogens is 366 g/mol. The van der Waals surface area contributed by atoms with Crippen molar-refractivity contribution in [2.75, 3.05) is 65.4 Å². The quantitative estimate of drug-likeness (QED) is 0.766. The first-order chi connectivity index (χ1) is 12.6. The Labute approximate surface area is 169 Å². The Bertz CT molecular complexity index is 488. The Morgan fingerprint density at radius 3 is 2.11 bits per heavy atom. The van der Waals surface area contributed by atoms with E-state index in [1.807, 2.05) is 23.6 Å². The van der Waals surface area contributed by atoms with Crippen LogP contribution in [0.15, 0.2) is 0 Å². The van der Waals surface area contributed by atoms with Gasteiger partial charge in [-0.15, -0.1) is 12.4 Å². The maximum Gasteiger partial charge on any atom is 0.319 e. The summed E-state index contributed by atoms with van der Waals surface area (Å²) in [6.45, 7) is 13.0. The van der Waals surface area contributed by atoms with Crippen molar-refractivity contribution in [1.82, 2.24) is 24.9 Å². The number of urea groups is 1. The Kier molecular flexibility index (Phi) is 8.63. The van der Waals surface area contributed by atoms with E-state index in [1.54, 1.807) is 0 Å². The first-order valence-corrected chi connectivity index (χ1v) is 10.4. The van der Waals surface area contributed by atoms with Crippen LogP contribution in [0.2, 0.25) is 0 Å². The Morgan fingerprint density at radius 1 is 0.926 bits per heavy atom. The molecule has 3 aliphatic heterocycles. The minimum atomic E-state index is 0. The first kappa shape index (κ1) is 22.2. The van der Waals surface area contributed by atoms with Gasteiger partial charge in [-0.2, -0.15) is 0 Å². The molecule has 3 aliphatic rings. The summed E-state index contributed by atoms with van der Waals surface area (Å²) in [6.07, 6.45) is 2.71. The van der Waals surface area contributed by atoms with Crippen molar-refractivity contribution in [3.05, 3.63) is 0 Å². The zero-order valence-corrected chi connectivity index (χ0v) is 17.7. The van der Waals surface area contributed by atoms with E-state index in [4.69, 9.17) is 0 Å². The number of nitrogens with one attached hydrogen (secondary N) is 1. The second-order valence-corrected chi connectivity index (χ2v) is 7.73. The van der Waals surface area contributed by atoms with Crippen molar-refractivity contribution in [1.29, 1.82) is 0 Å². The van der Waals surface area contributed by atoms with Gasteiger partial charge in [-0.05, 0) is 33.1 Å². The van der Waals surface area contributed by atoms with E-state index < -0.39 is 0 Å². The van der Waals surface area contributed by atoms with Gasteiger partial charge in [0.25, 0.3) is 0 Å². The highest BCUT2D eigenvalue weighted by Crippen LogP contribution is 2.24. The topological polar surface area (TPSA) is 59.1 Å². The lowest BCUT2D eigenvalue weighted by Crippen LogP contribution is -2.50. The number of carbonyl (C=O) groups excluding carboxylic acids is 2. The highest BCUT2D eigenvalue weighted by Gasteiger charge is 2.36. The van der Waals surface area contributed by atoms with Gasteiger partial charge in [0.2, 0.25) is 5.91 Å². The standard InChI is InChI=1S/C19H35N5O2.ClH/c1-3-21(4-2)19(26)23-10-5-16(6-11-23)18(25)24-12-7-17(15-24)22-13-8-20-9-14-22;/h16-17,20H,3-15H2,1-2H3;1H. The molecule has 8 heteroatoms. The minimum absolute atomic E-state index is 0. The molecule has 27 heavy (non-hydrogen) atoms. The van der Waals surface area contributed by atoms with E-state index in [2.05, 4.69) is 15.1 Å². The second-order valence-electron chi connectivity index (χ2n) is 7.73. The van der Waals surface area contributed by atoms with Gasteiger partial charge in [-0.25, -0.2) is 4.79 Å². The molecule has 7 nitrogen and oxygen atoms in total. The van der Waals surface area contributed by atoms with E-state index in [1.165, 1.54) is 0 Å². The average molecular weight is 402 g/mol. The number of hydrogen-bond donors (Lipinski definition) is 1. The van der Waals surface area contributed by atoms with Crippen LogP contribution >= 0.6 is 12.4 Å². The van der Waals surface area contributed by atoms with E-state index in [9.17, 15) is 9.59 Å². The molecule has 0 aromatic heterocycles. The molecule has 3 saturated heterocycles.